The zero-order valence-electron chi connectivity index (χ0n) is 14.2. The Morgan fingerprint density at radius 1 is 1.16 bits per heavy atom. The highest BCUT2D eigenvalue weighted by molar-refractivity contribution is 5.98. The van der Waals surface area contributed by atoms with Crippen LogP contribution in [0.2, 0.25) is 0 Å². The number of carbonyl (C=O) groups is 1. The van der Waals surface area contributed by atoms with E-state index in [9.17, 15) is 18.0 Å². The van der Waals surface area contributed by atoms with Gasteiger partial charge in [-0.3, -0.25) is 4.79 Å². The number of hydrogen-bond acceptors (Lipinski definition) is 2. The fraction of sp³-hybridized carbons (Fsp3) is 0.333. The van der Waals surface area contributed by atoms with Crippen LogP contribution in [0.25, 0.3) is 11.0 Å². The van der Waals surface area contributed by atoms with E-state index in [0.29, 0.717) is 17.6 Å². The first-order chi connectivity index (χ1) is 11.7. The minimum Gasteiger partial charge on any atom is -0.349 e. The number of aromatic nitrogens is 3. The Balaban J connectivity index is 2.07. The smallest absolute Gasteiger partial charge is 0.349 e. The number of aryl methyl sites for hydroxylation is 1. The molecule has 0 amide bonds. The predicted octanol–water partition coefficient (Wildman–Crippen LogP) is 4.38. The van der Waals surface area contributed by atoms with Crippen LogP contribution in [0.5, 0.6) is 0 Å². The number of ketones is 1. The second-order valence-electron chi connectivity index (χ2n) is 5.96. The first-order valence-electron chi connectivity index (χ1n) is 7.96. The third-order valence-electron chi connectivity index (χ3n) is 4.40. The van der Waals surface area contributed by atoms with Crippen molar-refractivity contribution in [3.63, 3.8) is 0 Å². The number of hydrogen-bond donors (Lipinski definition) is 0. The van der Waals surface area contributed by atoms with Crippen LogP contribution >= 0.6 is 0 Å². The largest absolute Gasteiger partial charge is 0.449 e. The molecule has 0 fully saturated rings. The van der Waals surface area contributed by atoms with Crippen molar-refractivity contribution in [1.82, 2.24) is 14.1 Å². The number of carbonyl (C=O) groups excluding carboxylic acids is 1. The van der Waals surface area contributed by atoms with Crippen LogP contribution in [0.4, 0.5) is 13.2 Å². The number of imidazole rings is 1. The number of benzene rings is 1. The zero-order valence-corrected chi connectivity index (χ0v) is 14.2. The average Bonchev–Trinajstić information content (AvgIpc) is 3.05. The maximum Gasteiger partial charge on any atom is 0.449 e. The van der Waals surface area contributed by atoms with Crippen molar-refractivity contribution < 1.29 is 18.0 Å². The van der Waals surface area contributed by atoms with Crippen LogP contribution < -0.4 is 0 Å². The number of Topliss-reactive ketones (excluding diaryl/α,β-unsaturated/α-hetero) is 1. The van der Waals surface area contributed by atoms with Gasteiger partial charge in [-0.15, -0.1) is 0 Å². The monoisotopic (exact) mass is 349 g/mol. The maximum absolute atomic E-state index is 13.3. The van der Waals surface area contributed by atoms with Gasteiger partial charge < -0.3 is 9.13 Å². The molecule has 0 radical (unpaired) electrons. The quantitative estimate of drug-likeness (QED) is 0.656. The Morgan fingerprint density at radius 3 is 2.44 bits per heavy atom. The summed E-state index contributed by atoms with van der Waals surface area (Å²) in [6.07, 6.45) is -4.63. The van der Waals surface area contributed by atoms with E-state index >= 15 is 0 Å². The first kappa shape index (κ1) is 17.3. The zero-order chi connectivity index (χ0) is 18.4. The molecular weight excluding hydrogens is 331 g/mol. The molecule has 1 aromatic carbocycles. The van der Waals surface area contributed by atoms with Gasteiger partial charge in [-0.25, -0.2) is 4.98 Å². The molecule has 3 rings (SSSR count). The van der Waals surface area contributed by atoms with Gasteiger partial charge in [0.1, 0.15) is 0 Å². The molecule has 0 aliphatic heterocycles. The number of halogens is 3. The number of fused-ring (bicyclic) bond motifs is 1. The molecule has 0 N–H and O–H groups in total. The van der Waals surface area contributed by atoms with E-state index in [2.05, 4.69) is 4.98 Å². The summed E-state index contributed by atoms with van der Waals surface area (Å²) in [4.78, 5) is 16.4. The Morgan fingerprint density at radius 2 is 1.84 bits per heavy atom. The van der Waals surface area contributed by atoms with Crippen molar-refractivity contribution in [2.45, 2.75) is 40.0 Å². The molecular formula is C18H18F3N3O. The fourth-order valence-electron chi connectivity index (χ4n) is 3.25. The van der Waals surface area contributed by atoms with Gasteiger partial charge in [-0.1, -0.05) is 12.1 Å². The summed E-state index contributed by atoms with van der Waals surface area (Å²) in [7, 11) is 0. The van der Waals surface area contributed by atoms with Crippen molar-refractivity contribution >= 4 is 16.8 Å². The molecule has 0 atom stereocenters. The molecule has 3 aromatic rings. The molecule has 7 heteroatoms. The molecule has 0 saturated carbocycles. The Kier molecular flexibility index (Phi) is 4.18. The molecule has 0 aliphatic carbocycles. The van der Waals surface area contributed by atoms with Gasteiger partial charge in [0.05, 0.1) is 17.6 Å². The van der Waals surface area contributed by atoms with Gasteiger partial charge >= 0.3 is 6.18 Å². The Bertz CT molecular complexity index is 951. The number of rotatable bonds is 4. The Labute approximate surface area is 142 Å². The van der Waals surface area contributed by atoms with Gasteiger partial charge in [0.2, 0.25) is 5.82 Å². The summed E-state index contributed by atoms with van der Waals surface area (Å²) >= 11 is 0. The summed E-state index contributed by atoms with van der Waals surface area (Å²) in [6, 6.07) is 8.03. The summed E-state index contributed by atoms with van der Waals surface area (Å²) in [5.74, 6) is -1.41. The van der Waals surface area contributed by atoms with Gasteiger partial charge in [0.15, 0.2) is 5.78 Å². The normalized spacial score (nSPS) is 12.1. The topological polar surface area (TPSA) is 39.8 Å². The summed E-state index contributed by atoms with van der Waals surface area (Å²) < 4.78 is 42.9. The third kappa shape index (κ3) is 2.94. The fourth-order valence-corrected chi connectivity index (χ4v) is 3.25. The lowest BCUT2D eigenvalue weighted by atomic mass is 10.1. The highest BCUT2D eigenvalue weighted by Gasteiger charge is 2.38. The molecule has 0 saturated heterocycles. The van der Waals surface area contributed by atoms with Crippen LogP contribution in [0.1, 0.15) is 34.5 Å². The van der Waals surface area contributed by atoms with Gasteiger partial charge in [-0.2, -0.15) is 13.2 Å². The van der Waals surface area contributed by atoms with Crippen LogP contribution in [0.3, 0.4) is 0 Å². The van der Waals surface area contributed by atoms with Crippen molar-refractivity contribution in [3.8, 4) is 0 Å². The van der Waals surface area contributed by atoms with E-state index in [0.717, 1.165) is 16.0 Å². The molecule has 4 nitrogen and oxygen atoms in total. The van der Waals surface area contributed by atoms with Gasteiger partial charge in [0, 0.05) is 23.5 Å². The molecule has 25 heavy (non-hydrogen) atoms. The summed E-state index contributed by atoms with van der Waals surface area (Å²) in [5.41, 5.74) is 2.65. The summed E-state index contributed by atoms with van der Waals surface area (Å²) in [5, 5.41) is 0. The van der Waals surface area contributed by atoms with E-state index in [1.807, 2.05) is 18.4 Å². The lowest BCUT2D eigenvalue weighted by Crippen LogP contribution is -2.19. The minimum atomic E-state index is -4.63. The highest BCUT2D eigenvalue weighted by atomic mass is 19.4. The van der Waals surface area contributed by atoms with Crippen LogP contribution in [-0.4, -0.2) is 19.9 Å². The number of para-hydroxylation sites is 2. The predicted molar refractivity (Wildman–Crippen MR) is 88.6 cm³/mol. The third-order valence-corrected chi connectivity index (χ3v) is 4.40. The average molecular weight is 349 g/mol. The van der Waals surface area contributed by atoms with E-state index < -0.39 is 18.5 Å². The standard InChI is InChI=1S/C18H18F3N3O/c1-4-23-11(2)9-13(12(23)3)16(25)10-24-15-8-6-5-7-14(15)22-17(24)18(19,20)21/h5-9H,4,10H2,1-3H3. The summed E-state index contributed by atoms with van der Waals surface area (Å²) in [6.45, 7) is 5.94. The number of nitrogens with zero attached hydrogens (tertiary/aromatic N) is 3. The molecule has 0 bridgehead atoms. The van der Waals surface area contributed by atoms with E-state index in [1.54, 1.807) is 31.2 Å². The molecule has 0 aliphatic rings. The SMILES string of the molecule is CCn1c(C)cc(C(=O)Cn2c(C(F)(F)F)nc3ccccc32)c1C. The second-order valence-corrected chi connectivity index (χ2v) is 5.96. The highest BCUT2D eigenvalue weighted by Crippen LogP contribution is 2.31. The van der Waals surface area contributed by atoms with Crippen molar-refractivity contribution in [2.75, 3.05) is 0 Å². The van der Waals surface area contributed by atoms with Crippen molar-refractivity contribution in [2.24, 2.45) is 0 Å². The van der Waals surface area contributed by atoms with Gasteiger partial charge in [0.25, 0.3) is 0 Å². The molecule has 2 aromatic heterocycles. The van der Waals surface area contributed by atoms with Crippen molar-refractivity contribution in [1.29, 1.82) is 0 Å². The Hall–Kier alpha value is -2.57. The van der Waals surface area contributed by atoms with Gasteiger partial charge in [-0.05, 0) is 39.0 Å². The second kappa shape index (κ2) is 6.06. The molecule has 0 unspecified atom stereocenters. The minimum absolute atomic E-state index is 0.224. The van der Waals surface area contributed by atoms with Crippen LogP contribution in [-0.2, 0) is 19.3 Å². The first-order valence-corrected chi connectivity index (χ1v) is 7.96. The number of alkyl halides is 3. The van der Waals surface area contributed by atoms with Crippen LogP contribution in [0, 0.1) is 13.8 Å². The maximum atomic E-state index is 13.3. The van der Waals surface area contributed by atoms with E-state index in [4.69, 9.17) is 0 Å². The van der Waals surface area contributed by atoms with E-state index in [1.165, 1.54) is 6.07 Å². The molecule has 2 heterocycles. The molecule has 132 valence electrons. The van der Waals surface area contributed by atoms with E-state index in [-0.39, 0.29) is 11.3 Å². The van der Waals surface area contributed by atoms with Crippen LogP contribution in [0.15, 0.2) is 30.3 Å². The lowest BCUT2D eigenvalue weighted by Gasteiger charge is -2.11. The molecule has 0 spiro atoms. The van der Waals surface area contributed by atoms with Crippen molar-refractivity contribution in [3.05, 3.63) is 53.1 Å². The lowest BCUT2D eigenvalue weighted by molar-refractivity contribution is -0.146.